The molecule has 0 atom stereocenters. The zero-order valence-electron chi connectivity index (χ0n) is 17.5. The fourth-order valence-electron chi connectivity index (χ4n) is 3.19. The molecule has 9 heteroatoms. The minimum Gasteiger partial charge on any atom is -0.422 e. The maximum atomic E-state index is 13.5. The monoisotopic (exact) mass is 436 g/mol. The molecule has 0 saturated heterocycles. The predicted octanol–water partition coefficient (Wildman–Crippen LogP) is 4.53. The van der Waals surface area contributed by atoms with Gasteiger partial charge in [-0.05, 0) is 42.8 Å². The second-order valence-corrected chi connectivity index (χ2v) is 6.68. The van der Waals surface area contributed by atoms with Crippen LogP contribution in [0, 0.1) is 5.82 Å². The summed E-state index contributed by atoms with van der Waals surface area (Å²) in [6.45, 7) is 2.26. The van der Waals surface area contributed by atoms with E-state index < -0.39 is 11.4 Å². The molecular weight excluding hydrogens is 415 g/mol. The number of halogens is 1. The molecule has 164 valence electrons. The van der Waals surface area contributed by atoms with Gasteiger partial charge in [0.1, 0.15) is 11.5 Å². The Hall–Kier alpha value is -3.98. The third kappa shape index (κ3) is 4.37. The number of benzene rings is 2. The van der Waals surface area contributed by atoms with Crippen LogP contribution in [-0.4, -0.2) is 28.4 Å². The van der Waals surface area contributed by atoms with Crippen LogP contribution in [0.25, 0.3) is 22.5 Å². The first-order chi connectivity index (χ1) is 15.6. The first kappa shape index (κ1) is 21.3. The Morgan fingerprint density at radius 3 is 2.66 bits per heavy atom. The molecule has 0 aliphatic heterocycles. The van der Waals surface area contributed by atoms with E-state index in [-0.39, 0.29) is 18.3 Å². The summed E-state index contributed by atoms with van der Waals surface area (Å²) < 4.78 is 31.5. The summed E-state index contributed by atoms with van der Waals surface area (Å²) in [6, 6.07) is 14.7. The van der Waals surface area contributed by atoms with Gasteiger partial charge in [0.15, 0.2) is 12.5 Å². The smallest absolute Gasteiger partial charge is 0.366 e. The van der Waals surface area contributed by atoms with Gasteiger partial charge in [-0.3, -0.25) is 0 Å². The zero-order chi connectivity index (χ0) is 22.5. The molecule has 2 heterocycles. The fourth-order valence-corrected chi connectivity index (χ4v) is 3.19. The van der Waals surface area contributed by atoms with Crippen LogP contribution in [0.3, 0.4) is 0 Å². The van der Waals surface area contributed by atoms with Crippen molar-refractivity contribution in [3.63, 3.8) is 0 Å². The van der Waals surface area contributed by atoms with Crippen LogP contribution in [0.2, 0.25) is 0 Å². The Morgan fingerprint density at radius 2 is 1.91 bits per heavy atom. The summed E-state index contributed by atoms with van der Waals surface area (Å²) in [7, 11) is 1.78. The largest absolute Gasteiger partial charge is 0.422 e. The molecule has 0 aliphatic rings. The van der Waals surface area contributed by atoms with Gasteiger partial charge in [0.2, 0.25) is 0 Å². The highest BCUT2D eigenvalue weighted by molar-refractivity contribution is 5.78. The Morgan fingerprint density at radius 1 is 1.12 bits per heavy atom. The van der Waals surface area contributed by atoms with Crippen LogP contribution < -0.4 is 15.7 Å². The summed E-state index contributed by atoms with van der Waals surface area (Å²) >= 11 is 0. The molecule has 1 N–H and O–H groups in total. The van der Waals surface area contributed by atoms with E-state index in [0.717, 1.165) is 5.69 Å². The molecule has 0 aliphatic carbocycles. The first-order valence-electron chi connectivity index (χ1n) is 9.96. The summed E-state index contributed by atoms with van der Waals surface area (Å²) in [6.07, 6.45) is 1.52. The molecule has 0 bridgehead atoms. The van der Waals surface area contributed by atoms with E-state index in [0.29, 0.717) is 29.3 Å². The highest BCUT2D eigenvalue weighted by Crippen LogP contribution is 2.32. The van der Waals surface area contributed by atoms with Crippen molar-refractivity contribution < 1.29 is 18.4 Å². The van der Waals surface area contributed by atoms with Gasteiger partial charge in [-0.1, -0.05) is 24.3 Å². The van der Waals surface area contributed by atoms with Gasteiger partial charge in [-0.15, -0.1) is 0 Å². The Kier molecular flexibility index (Phi) is 6.27. The maximum Gasteiger partial charge on any atom is 0.366 e. The van der Waals surface area contributed by atoms with E-state index >= 15 is 0 Å². The lowest BCUT2D eigenvalue weighted by Gasteiger charge is -2.11. The lowest BCUT2D eigenvalue weighted by Crippen LogP contribution is -2.05. The standard InChI is InChI=1S/C23H21FN4O4/c1-3-30-14-28-21(20(22(29)32-28)15-8-10-16(24)11-9-15)18-12-13-26-23(27-18)31-19-7-5-4-6-17(19)25-2/h4-13,25H,3,14H2,1-2H3. The van der Waals surface area contributed by atoms with E-state index in [2.05, 4.69) is 15.3 Å². The van der Waals surface area contributed by atoms with Crippen LogP contribution in [0.4, 0.5) is 10.1 Å². The van der Waals surface area contributed by atoms with Crippen LogP contribution in [0.1, 0.15) is 6.92 Å². The van der Waals surface area contributed by atoms with Crippen molar-refractivity contribution in [3.05, 3.63) is 77.0 Å². The third-order valence-corrected chi connectivity index (χ3v) is 4.66. The summed E-state index contributed by atoms with van der Waals surface area (Å²) in [5, 5.41) is 3.04. The van der Waals surface area contributed by atoms with E-state index in [4.69, 9.17) is 14.0 Å². The van der Waals surface area contributed by atoms with Gasteiger partial charge in [0.05, 0.1) is 16.9 Å². The van der Waals surface area contributed by atoms with Gasteiger partial charge in [0.25, 0.3) is 0 Å². The molecule has 0 radical (unpaired) electrons. The molecule has 32 heavy (non-hydrogen) atoms. The third-order valence-electron chi connectivity index (χ3n) is 4.66. The summed E-state index contributed by atoms with van der Waals surface area (Å²) in [5.41, 5.74) is 1.68. The molecule has 0 saturated carbocycles. The molecule has 8 nitrogen and oxygen atoms in total. The van der Waals surface area contributed by atoms with Crippen molar-refractivity contribution in [2.24, 2.45) is 0 Å². The summed E-state index contributed by atoms with van der Waals surface area (Å²) in [4.78, 5) is 21.4. The van der Waals surface area contributed by atoms with Crippen molar-refractivity contribution in [2.45, 2.75) is 13.7 Å². The average Bonchev–Trinajstić information content (AvgIpc) is 3.14. The van der Waals surface area contributed by atoms with E-state index in [1.165, 1.54) is 35.2 Å². The average molecular weight is 436 g/mol. The van der Waals surface area contributed by atoms with Crippen molar-refractivity contribution in [3.8, 4) is 34.3 Å². The molecular formula is C23H21FN4O4. The molecule has 2 aromatic heterocycles. The molecule has 2 aromatic carbocycles. The minimum absolute atomic E-state index is 0.00501. The number of hydrogen-bond donors (Lipinski definition) is 1. The number of anilines is 1. The SMILES string of the molecule is CCOCn1oc(=O)c(-c2ccc(F)cc2)c1-c1ccnc(Oc2ccccc2NC)n1. The maximum absolute atomic E-state index is 13.5. The lowest BCUT2D eigenvalue weighted by atomic mass is 10.0. The summed E-state index contributed by atoms with van der Waals surface area (Å²) in [5.74, 6) is 0.138. The van der Waals surface area contributed by atoms with Gasteiger partial charge in [0, 0.05) is 19.9 Å². The Bertz CT molecular complexity index is 1270. The zero-order valence-corrected chi connectivity index (χ0v) is 17.5. The number of nitrogens with one attached hydrogen (secondary N) is 1. The predicted molar refractivity (Wildman–Crippen MR) is 117 cm³/mol. The topological polar surface area (TPSA) is 91.4 Å². The Balaban J connectivity index is 1.81. The lowest BCUT2D eigenvalue weighted by molar-refractivity contribution is 0.0314. The molecule has 4 rings (SSSR count). The molecule has 0 fully saturated rings. The van der Waals surface area contributed by atoms with Crippen molar-refractivity contribution in [1.29, 1.82) is 0 Å². The molecule has 4 aromatic rings. The van der Waals surface area contributed by atoms with Gasteiger partial charge >= 0.3 is 11.6 Å². The first-order valence-corrected chi connectivity index (χ1v) is 9.96. The van der Waals surface area contributed by atoms with E-state index in [9.17, 15) is 9.18 Å². The van der Waals surface area contributed by atoms with E-state index in [1.807, 2.05) is 25.1 Å². The molecule has 0 unspecified atom stereocenters. The minimum atomic E-state index is -0.590. The highest BCUT2D eigenvalue weighted by Gasteiger charge is 2.23. The van der Waals surface area contributed by atoms with E-state index in [1.54, 1.807) is 19.2 Å². The van der Waals surface area contributed by atoms with Crippen molar-refractivity contribution in [1.82, 2.24) is 14.7 Å². The van der Waals surface area contributed by atoms with Gasteiger partial charge < -0.3 is 19.3 Å². The normalized spacial score (nSPS) is 10.8. The molecule has 0 spiro atoms. The van der Waals surface area contributed by atoms with Gasteiger partial charge in [-0.2, -0.15) is 9.72 Å². The fraction of sp³-hybridized carbons (Fsp3) is 0.174. The second-order valence-electron chi connectivity index (χ2n) is 6.68. The number of rotatable bonds is 8. The number of para-hydroxylation sites is 2. The van der Waals surface area contributed by atoms with Crippen LogP contribution in [0.15, 0.2) is 70.1 Å². The van der Waals surface area contributed by atoms with Crippen LogP contribution >= 0.6 is 0 Å². The number of ether oxygens (including phenoxy) is 2. The molecule has 0 amide bonds. The second kappa shape index (κ2) is 9.44. The quantitative estimate of drug-likeness (QED) is 0.434. The van der Waals surface area contributed by atoms with Crippen molar-refractivity contribution >= 4 is 5.69 Å². The van der Waals surface area contributed by atoms with Gasteiger partial charge in [-0.25, -0.2) is 14.2 Å². The number of nitrogens with zero attached hydrogens (tertiary/aromatic N) is 3. The van der Waals surface area contributed by atoms with Crippen molar-refractivity contribution in [2.75, 3.05) is 19.0 Å². The van der Waals surface area contributed by atoms with Crippen LogP contribution in [0.5, 0.6) is 11.8 Å². The Labute approximate surface area is 183 Å². The number of hydrogen-bond acceptors (Lipinski definition) is 7. The van der Waals surface area contributed by atoms with Crippen LogP contribution in [-0.2, 0) is 11.5 Å². The highest BCUT2D eigenvalue weighted by atomic mass is 19.1. The number of aromatic nitrogens is 3.